The van der Waals surface area contributed by atoms with Crippen molar-refractivity contribution in [2.45, 2.75) is 38.6 Å². The molecule has 25 heavy (non-hydrogen) atoms. The van der Waals surface area contributed by atoms with Gasteiger partial charge in [-0.05, 0) is 43.7 Å². The molecule has 1 amide bonds. The van der Waals surface area contributed by atoms with Crippen molar-refractivity contribution in [3.63, 3.8) is 0 Å². The van der Waals surface area contributed by atoms with Gasteiger partial charge >= 0.3 is 0 Å². The van der Waals surface area contributed by atoms with Crippen LogP contribution in [0.2, 0.25) is 0 Å². The lowest BCUT2D eigenvalue weighted by molar-refractivity contribution is -0.121. The van der Waals surface area contributed by atoms with E-state index in [0.717, 1.165) is 37.0 Å². The number of hydrogen-bond acceptors (Lipinski definition) is 5. The first-order chi connectivity index (χ1) is 11.7. The number of ether oxygens (including phenoxy) is 1. The third kappa shape index (κ3) is 7.11. The number of aromatic nitrogens is 3. The maximum Gasteiger partial charge on any atom is 0.220 e. The number of nitrogens with one attached hydrogen (secondary N) is 2. The molecule has 0 spiro atoms. The minimum Gasteiger partial charge on any atom is -0.497 e. The number of carbonyl (C=O) groups is 1. The molecule has 2 rings (SSSR count). The SMILES string of the molecule is COc1ccc(-c2n[nH]c(CNC(=O)CCCCCCN)n2)cc1.Cl. The van der Waals surface area contributed by atoms with Gasteiger partial charge in [-0.2, -0.15) is 5.10 Å². The molecule has 7 nitrogen and oxygen atoms in total. The van der Waals surface area contributed by atoms with Crippen LogP contribution in [0.15, 0.2) is 24.3 Å². The normalized spacial score (nSPS) is 10.2. The van der Waals surface area contributed by atoms with Crippen LogP contribution in [-0.2, 0) is 11.3 Å². The molecule has 1 heterocycles. The lowest BCUT2D eigenvalue weighted by Crippen LogP contribution is -2.23. The van der Waals surface area contributed by atoms with Crippen LogP contribution < -0.4 is 15.8 Å². The highest BCUT2D eigenvalue weighted by Gasteiger charge is 2.07. The summed E-state index contributed by atoms with van der Waals surface area (Å²) in [7, 11) is 1.63. The van der Waals surface area contributed by atoms with Gasteiger partial charge in [0, 0.05) is 12.0 Å². The molecule has 0 fully saturated rings. The largest absolute Gasteiger partial charge is 0.497 e. The van der Waals surface area contributed by atoms with E-state index < -0.39 is 0 Å². The molecule has 2 aromatic rings. The second-order valence-electron chi connectivity index (χ2n) is 5.56. The minimum atomic E-state index is 0. The van der Waals surface area contributed by atoms with Crippen molar-refractivity contribution in [1.29, 1.82) is 0 Å². The molecular weight excluding hydrogens is 342 g/mol. The first kappa shape index (κ1) is 20.9. The number of aromatic amines is 1. The summed E-state index contributed by atoms with van der Waals surface area (Å²) in [4.78, 5) is 16.2. The van der Waals surface area contributed by atoms with Gasteiger partial charge < -0.3 is 15.8 Å². The topological polar surface area (TPSA) is 106 Å². The average Bonchev–Trinajstić information content (AvgIpc) is 3.09. The first-order valence-electron chi connectivity index (χ1n) is 8.25. The number of rotatable bonds is 10. The Morgan fingerprint density at radius 1 is 1.20 bits per heavy atom. The van der Waals surface area contributed by atoms with E-state index in [1.165, 1.54) is 0 Å². The van der Waals surface area contributed by atoms with Crippen molar-refractivity contribution in [3.8, 4) is 17.1 Å². The highest BCUT2D eigenvalue weighted by molar-refractivity contribution is 5.85. The molecule has 0 aliphatic heterocycles. The molecule has 0 aliphatic rings. The van der Waals surface area contributed by atoms with E-state index in [-0.39, 0.29) is 18.3 Å². The fraction of sp³-hybridized carbons (Fsp3) is 0.471. The highest BCUT2D eigenvalue weighted by Crippen LogP contribution is 2.18. The van der Waals surface area contributed by atoms with Gasteiger partial charge in [0.15, 0.2) is 5.82 Å². The quantitative estimate of drug-likeness (QED) is 0.559. The van der Waals surface area contributed by atoms with Crippen LogP contribution in [0.5, 0.6) is 5.75 Å². The van der Waals surface area contributed by atoms with Crippen LogP contribution in [0.25, 0.3) is 11.4 Å². The number of H-pyrrole nitrogens is 1. The van der Waals surface area contributed by atoms with Crippen LogP contribution in [0, 0.1) is 0 Å². The minimum absolute atomic E-state index is 0. The number of carbonyl (C=O) groups excluding carboxylic acids is 1. The standard InChI is InChI=1S/C17H25N5O2.ClH/c1-24-14-9-7-13(8-10-14)17-20-15(21-22-17)12-19-16(23)6-4-2-3-5-11-18;/h7-10H,2-6,11-12,18H2,1H3,(H,19,23)(H,20,21,22);1H. The monoisotopic (exact) mass is 367 g/mol. The van der Waals surface area contributed by atoms with Crippen LogP contribution in [0.3, 0.4) is 0 Å². The van der Waals surface area contributed by atoms with E-state index in [9.17, 15) is 4.79 Å². The summed E-state index contributed by atoms with van der Waals surface area (Å²) in [5.74, 6) is 2.05. The molecule has 0 saturated heterocycles. The van der Waals surface area contributed by atoms with Crippen molar-refractivity contribution in [2.75, 3.05) is 13.7 Å². The van der Waals surface area contributed by atoms with Crippen molar-refractivity contribution in [3.05, 3.63) is 30.1 Å². The number of halogens is 1. The second kappa shape index (κ2) is 11.4. The predicted molar refractivity (Wildman–Crippen MR) is 99.6 cm³/mol. The highest BCUT2D eigenvalue weighted by atomic mass is 35.5. The third-order valence-corrected chi connectivity index (χ3v) is 3.69. The van der Waals surface area contributed by atoms with Gasteiger partial charge in [-0.25, -0.2) is 4.98 Å². The Morgan fingerprint density at radius 2 is 1.92 bits per heavy atom. The lowest BCUT2D eigenvalue weighted by atomic mass is 10.1. The van der Waals surface area contributed by atoms with Crippen molar-refractivity contribution in [2.24, 2.45) is 5.73 Å². The summed E-state index contributed by atoms with van der Waals surface area (Å²) in [6.07, 6.45) is 4.56. The van der Waals surface area contributed by atoms with E-state index in [4.69, 9.17) is 10.5 Å². The predicted octanol–water partition coefficient (Wildman–Crippen LogP) is 2.43. The van der Waals surface area contributed by atoms with Gasteiger partial charge in [-0.15, -0.1) is 12.4 Å². The fourth-order valence-electron chi connectivity index (χ4n) is 2.30. The fourth-order valence-corrected chi connectivity index (χ4v) is 2.30. The third-order valence-electron chi connectivity index (χ3n) is 3.69. The summed E-state index contributed by atoms with van der Waals surface area (Å²) in [6, 6.07) is 7.51. The van der Waals surface area contributed by atoms with E-state index in [0.29, 0.717) is 31.2 Å². The first-order valence-corrected chi connectivity index (χ1v) is 8.25. The maximum absolute atomic E-state index is 11.8. The van der Waals surface area contributed by atoms with Crippen LogP contribution >= 0.6 is 12.4 Å². The molecule has 0 saturated carbocycles. The summed E-state index contributed by atoms with van der Waals surface area (Å²) in [6.45, 7) is 1.07. The van der Waals surface area contributed by atoms with Crippen LogP contribution in [0.1, 0.15) is 37.9 Å². The van der Waals surface area contributed by atoms with Gasteiger partial charge in [0.2, 0.25) is 5.91 Å². The number of hydrogen-bond donors (Lipinski definition) is 3. The number of nitrogens with two attached hydrogens (primary N) is 1. The van der Waals surface area contributed by atoms with Crippen molar-refractivity contribution >= 4 is 18.3 Å². The number of methoxy groups -OCH3 is 1. The summed E-state index contributed by atoms with van der Waals surface area (Å²) in [5.41, 5.74) is 6.33. The Bertz CT molecular complexity index is 630. The average molecular weight is 368 g/mol. The summed E-state index contributed by atoms with van der Waals surface area (Å²) in [5, 5.41) is 9.88. The van der Waals surface area contributed by atoms with Crippen molar-refractivity contribution < 1.29 is 9.53 Å². The molecule has 0 aliphatic carbocycles. The van der Waals surface area contributed by atoms with E-state index in [2.05, 4.69) is 20.5 Å². The Hall–Kier alpha value is -2.12. The molecule has 1 aromatic carbocycles. The molecule has 1 aromatic heterocycles. The van der Waals surface area contributed by atoms with Crippen LogP contribution in [-0.4, -0.2) is 34.7 Å². The number of amides is 1. The Morgan fingerprint density at radius 3 is 2.60 bits per heavy atom. The van der Waals surface area contributed by atoms with E-state index in [1.54, 1.807) is 7.11 Å². The van der Waals surface area contributed by atoms with Gasteiger partial charge in [-0.1, -0.05) is 12.8 Å². The maximum atomic E-state index is 11.8. The zero-order valence-electron chi connectivity index (χ0n) is 14.5. The van der Waals surface area contributed by atoms with Gasteiger partial charge in [0.05, 0.1) is 13.7 Å². The van der Waals surface area contributed by atoms with E-state index >= 15 is 0 Å². The molecule has 0 unspecified atom stereocenters. The lowest BCUT2D eigenvalue weighted by Gasteiger charge is -2.03. The van der Waals surface area contributed by atoms with Crippen LogP contribution in [0.4, 0.5) is 0 Å². The van der Waals surface area contributed by atoms with Gasteiger partial charge in [0.1, 0.15) is 11.6 Å². The van der Waals surface area contributed by atoms with Gasteiger partial charge in [0.25, 0.3) is 0 Å². The summed E-state index contributed by atoms with van der Waals surface area (Å²) < 4.78 is 5.13. The molecule has 8 heteroatoms. The smallest absolute Gasteiger partial charge is 0.220 e. The van der Waals surface area contributed by atoms with E-state index in [1.807, 2.05) is 24.3 Å². The van der Waals surface area contributed by atoms with Crippen molar-refractivity contribution in [1.82, 2.24) is 20.5 Å². The Labute approximate surface area is 154 Å². The van der Waals surface area contributed by atoms with Gasteiger partial charge in [-0.3, -0.25) is 9.89 Å². The molecule has 4 N–H and O–H groups in total. The number of benzene rings is 1. The zero-order chi connectivity index (χ0) is 17.2. The zero-order valence-corrected chi connectivity index (χ0v) is 15.3. The Kier molecular flexibility index (Phi) is 9.57. The molecular formula is C17H26ClN5O2. The number of nitrogens with zero attached hydrogens (tertiary/aromatic N) is 2. The molecule has 138 valence electrons. The molecule has 0 radical (unpaired) electrons. The Balaban J connectivity index is 0.00000312. The number of unbranched alkanes of at least 4 members (excludes halogenated alkanes) is 3. The summed E-state index contributed by atoms with van der Waals surface area (Å²) >= 11 is 0. The molecule has 0 atom stereocenters. The second-order valence-corrected chi connectivity index (χ2v) is 5.56. The molecule has 0 bridgehead atoms.